The van der Waals surface area contributed by atoms with Crippen molar-refractivity contribution >= 4 is 11.7 Å². The van der Waals surface area contributed by atoms with Crippen molar-refractivity contribution in [1.29, 1.82) is 0 Å². The molecule has 0 radical (unpaired) electrons. The molecule has 0 fully saturated rings. The molecule has 2 aromatic rings. The lowest BCUT2D eigenvalue weighted by molar-refractivity contribution is 0.0963. The van der Waals surface area contributed by atoms with Crippen molar-refractivity contribution in [2.45, 2.75) is 26.4 Å². The predicted molar refractivity (Wildman–Crippen MR) is 89.8 cm³/mol. The number of carbonyl (C=O) groups excluding carboxylic acids is 1. The van der Waals surface area contributed by atoms with Gasteiger partial charge in [-0.3, -0.25) is 4.79 Å². The minimum Gasteiger partial charge on any atom is -0.472 e. The van der Waals surface area contributed by atoms with Crippen LogP contribution >= 0.6 is 0 Å². The number of hydrogen-bond donors (Lipinski definition) is 2. The molecule has 1 heterocycles. The van der Waals surface area contributed by atoms with E-state index in [1.54, 1.807) is 25.5 Å². The van der Waals surface area contributed by atoms with Crippen LogP contribution in [0.1, 0.15) is 29.8 Å². The fourth-order valence-corrected chi connectivity index (χ4v) is 2.09. The van der Waals surface area contributed by atoms with Crippen LogP contribution in [-0.2, 0) is 6.42 Å². The summed E-state index contributed by atoms with van der Waals surface area (Å²) in [6.45, 7) is 4.57. The van der Waals surface area contributed by atoms with E-state index in [0.717, 1.165) is 12.0 Å². The Balaban J connectivity index is 1.96. The van der Waals surface area contributed by atoms with Gasteiger partial charge in [-0.15, -0.1) is 0 Å². The normalized spacial score (nSPS) is 10.4. The number of anilines is 1. The van der Waals surface area contributed by atoms with Crippen molar-refractivity contribution in [2.75, 3.05) is 18.9 Å². The van der Waals surface area contributed by atoms with Crippen LogP contribution in [0.25, 0.3) is 0 Å². The van der Waals surface area contributed by atoms with Gasteiger partial charge in [-0.05, 0) is 38.0 Å². The highest BCUT2D eigenvalue weighted by atomic mass is 16.5. The number of amides is 1. The summed E-state index contributed by atoms with van der Waals surface area (Å²) >= 11 is 0. The molecule has 0 saturated heterocycles. The lowest BCUT2D eigenvalue weighted by Crippen LogP contribution is -2.18. The molecule has 2 rings (SSSR count). The molecule has 6 nitrogen and oxygen atoms in total. The van der Waals surface area contributed by atoms with Crippen LogP contribution in [0.4, 0.5) is 5.82 Å². The van der Waals surface area contributed by atoms with Crippen LogP contribution < -0.4 is 15.4 Å². The van der Waals surface area contributed by atoms with Crippen LogP contribution in [-0.4, -0.2) is 35.6 Å². The monoisotopic (exact) mass is 314 g/mol. The number of nitrogens with one attached hydrogen (secondary N) is 2. The lowest BCUT2D eigenvalue weighted by atomic mass is 10.1. The first-order valence-electron chi connectivity index (χ1n) is 7.62. The molecule has 0 aliphatic rings. The summed E-state index contributed by atoms with van der Waals surface area (Å²) in [7, 11) is 1.63. The zero-order valence-corrected chi connectivity index (χ0v) is 13.7. The van der Waals surface area contributed by atoms with Crippen LogP contribution in [0.15, 0.2) is 36.7 Å². The Morgan fingerprint density at radius 3 is 2.78 bits per heavy atom. The number of nitrogens with zero attached hydrogens (tertiary/aromatic N) is 2. The predicted octanol–water partition coefficient (Wildman–Crippen LogP) is 2.28. The second kappa shape index (κ2) is 8.12. The minimum atomic E-state index is -0.0821. The van der Waals surface area contributed by atoms with Gasteiger partial charge >= 0.3 is 0 Å². The molecule has 0 atom stereocenters. The molecule has 1 aromatic carbocycles. The Morgan fingerprint density at radius 1 is 1.26 bits per heavy atom. The minimum absolute atomic E-state index is 0.0384. The third-order valence-corrected chi connectivity index (χ3v) is 3.13. The summed E-state index contributed by atoms with van der Waals surface area (Å²) in [5, 5.41) is 5.86. The van der Waals surface area contributed by atoms with Gasteiger partial charge in [0.05, 0.1) is 6.10 Å². The molecule has 6 heteroatoms. The standard InChI is InChI=1S/C17H22N4O2/c1-12(2)23-17-15(20-9-10-21-17)19-8-7-13-5-4-6-14(11-13)16(22)18-3/h4-6,9-12H,7-8H2,1-3H3,(H,18,22)(H,19,20). The van der Waals surface area contributed by atoms with Crippen molar-refractivity contribution in [3.63, 3.8) is 0 Å². The van der Waals surface area contributed by atoms with Crippen molar-refractivity contribution in [2.24, 2.45) is 0 Å². The fourth-order valence-electron chi connectivity index (χ4n) is 2.09. The van der Waals surface area contributed by atoms with Gasteiger partial charge in [-0.1, -0.05) is 12.1 Å². The van der Waals surface area contributed by atoms with E-state index in [4.69, 9.17) is 4.74 Å². The third-order valence-electron chi connectivity index (χ3n) is 3.13. The summed E-state index contributed by atoms with van der Waals surface area (Å²) in [5.41, 5.74) is 1.74. The first-order valence-corrected chi connectivity index (χ1v) is 7.62. The number of hydrogen-bond acceptors (Lipinski definition) is 5. The fraction of sp³-hybridized carbons (Fsp3) is 0.353. The van der Waals surface area contributed by atoms with Crippen molar-refractivity contribution in [1.82, 2.24) is 15.3 Å². The van der Waals surface area contributed by atoms with E-state index in [0.29, 0.717) is 23.8 Å². The number of carbonyl (C=O) groups is 1. The van der Waals surface area contributed by atoms with Gasteiger partial charge in [0.15, 0.2) is 5.82 Å². The molecule has 1 aromatic heterocycles. The summed E-state index contributed by atoms with van der Waals surface area (Å²) in [4.78, 5) is 20.1. The van der Waals surface area contributed by atoms with Gasteiger partial charge in [-0.25, -0.2) is 9.97 Å². The van der Waals surface area contributed by atoms with E-state index in [1.165, 1.54) is 0 Å². The van der Waals surface area contributed by atoms with Gasteiger partial charge in [-0.2, -0.15) is 0 Å². The maximum atomic E-state index is 11.6. The molecule has 0 spiro atoms. The summed E-state index contributed by atoms with van der Waals surface area (Å²) in [5.74, 6) is 1.05. The summed E-state index contributed by atoms with van der Waals surface area (Å²) < 4.78 is 5.62. The van der Waals surface area contributed by atoms with E-state index >= 15 is 0 Å². The van der Waals surface area contributed by atoms with E-state index in [2.05, 4.69) is 20.6 Å². The van der Waals surface area contributed by atoms with Crippen LogP contribution in [0.2, 0.25) is 0 Å². The van der Waals surface area contributed by atoms with Gasteiger partial charge in [0.2, 0.25) is 0 Å². The molecule has 0 saturated carbocycles. The second-order valence-electron chi connectivity index (χ2n) is 5.33. The number of benzene rings is 1. The summed E-state index contributed by atoms with van der Waals surface area (Å²) in [6, 6.07) is 7.57. The highest BCUT2D eigenvalue weighted by Gasteiger charge is 2.08. The average molecular weight is 314 g/mol. The largest absolute Gasteiger partial charge is 0.472 e. The Hall–Kier alpha value is -2.63. The van der Waals surface area contributed by atoms with E-state index in [1.807, 2.05) is 32.0 Å². The quantitative estimate of drug-likeness (QED) is 0.820. The molecule has 0 unspecified atom stereocenters. The van der Waals surface area contributed by atoms with Gasteiger partial charge in [0.1, 0.15) is 0 Å². The van der Waals surface area contributed by atoms with Crippen LogP contribution in [0, 0.1) is 0 Å². The Kier molecular flexibility index (Phi) is 5.91. The Morgan fingerprint density at radius 2 is 2.04 bits per heavy atom. The van der Waals surface area contributed by atoms with Crippen LogP contribution in [0.5, 0.6) is 5.88 Å². The number of rotatable bonds is 7. The summed E-state index contributed by atoms with van der Waals surface area (Å²) in [6.07, 6.45) is 4.04. The highest BCUT2D eigenvalue weighted by Crippen LogP contribution is 2.18. The molecule has 0 bridgehead atoms. The second-order valence-corrected chi connectivity index (χ2v) is 5.33. The molecule has 0 aliphatic heterocycles. The van der Waals surface area contributed by atoms with Gasteiger partial charge < -0.3 is 15.4 Å². The zero-order valence-electron chi connectivity index (χ0n) is 13.7. The van der Waals surface area contributed by atoms with E-state index in [-0.39, 0.29) is 12.0 Å². The number of aromatic nitrogens is 2. The highest BCUT2D eigenvalue weighted by molar-refractivity contribution is 5.94. The zero-order chi connectivity index (χ0) is 16.7. The molecule has 122 valence electrons. The molecular formula is C17H22N4O2. The topological polar surface area (TPSA) is 76.1 Å². The first kappa shape index (κ1) is 16.7. The molecular weight excluding hydrogens is 292 g/mol. The lowest BCUT2D eigenvalue weighted by Gasteiger charge is -2.13. The average Bonchev–Trinajstić information content (AvgIpc) is 2.55. The molecule has 23 heavy (non-hydrogen) atoms. The molecule has 2 N–H and O–H groups in total. The maximum Gasteiger partial charge on any atom is 0.257 e. The first-order chi connectivity index (χ1) is 11.1. The maximum absolute atomic E-state index is 11.6. The Bertz CT molecular complexity index is 659. The third kappa shape index (κ3) is 4.95. The Labute approximate surface area is 136 Å². The van der Waals surface area contributed by atoms with Crippen molar-refractivity contribution in [3.05, 3.63) is 47.8 Å². The van der Waals surface area contributed by atoms with Crippen molar-refractivity contribution < 1.29 is 9.53 Å². The van der Waals surface area contributed by atoms with Crippen molar-refractivity contribution in [3.8, 4) is 5.88 Å². The van der Waals surface area contributed by atoms with Gasteiger partial charge in [0, 0.05) is 31.5 Å². The smallest absolute Gasteiger partial charge is 0.257 e. The van der Waals surface area contributed by atoms with Gasteiger partial charge in [0.25, 0.3) is 11.8 Å². The molecule has 1 amide bonds. The van der Waals surface area contributed by atoms with E-state index in [9.17, 15) is 4.79 Å². The number of ether oxygens (including phenoxy) is 1. The SMILES string of the molecule is CNC(=O)c1cccc(CCNc2nccnc2OC(C)C)c1. The van der Waals surface area contributed by atoms with Crippen LogP contribution in [0.3, 0.4) is 0 Å². The molecule has 0 aliphatic carbocycles. The van der Waals surface area contributed by atoms with E-state index < -0.39 is 0 Å².